The maximum Gasteiger partial charge on any atom is 0.278 e. The fraction of sp³-hybridized carbons (Fsp3) is 0.364. The van der Waals surface area contributed by atoms with Gasteiger partial charge < -0.3 is 29.8 Å². The largest absolute Gasteiger partial charge is 0.502 e. The van der Waals surface area contributed by atoms with Crippen LogP contribution >= 0.6 is 7.34 Å². The molecule has 1 fully saturated rings. The van der Waals surface area contributed by atoms with E-state index in [0.29, 0.717) is 12.5 Å². The van der Waals surface area contributed by atoms with E-state index in [1.807, 2.05) is 0 Å². The molecule has 1 saturated heterocycles. The van der Waals surface area contributed by atoms with Crippen LogP contribution in [0, 0.1) is 11.6 Å². The molecule has 2 aromatic rings. The van der Waals surface area contributed by atoms with E-state index >= 15 is 0 Å². The standard InChI is InChI=1S/C22H25F2N4O7P/c1-26-22(5-7-35-12-22)27(6-8-36(2,33)34)21(32)17-19(30)18(29)15(11-28(17)26)20(31)25-10-13-3-4-14(23)9-16(13)24/h3-4,9,11,30,33-34H,2,5-8,10,12H2,1H3,(H,25,31). The van der Waals surface area contributed by atoms with E-state index in [-0.39, 0.29) is 38.0 Å². The first-order valence-electron chi connectivity index (χ1n) is 10.9. The number of aromatic hydroxyl groups is 1. The monoisotopic (exact) mass is 526 g/mol. The lowest BCUT2D eigenvalue weighted by Gasteiger charge is -2.52. The SMILES string of the molecule is C=P(O)(O)CCN1C(=O)c2c(O)c(=O)c(C(=O)NCc3ccc(F)cc3F)cn2N(C)C12CCOC2. The summed E-state index contributed by atoms with van der Waals surface area (Å²) < 4.78 is 33.8. The molecule has 2 aliphatic rings. The van der Waals surface area contributed by atoms with Gasteiger partial charge in [0.05, 0.1) is 13.2 Å². The topological polar surface area (TPSA) is 145 Å². The number of carbonyl (C=O) groups is 2. The van der Waals surface area contributed by atoms with Crippen LogP contribution in [-0.2, 0) is 11.3 Å². The Kier molecular flexibility index (Phi) is 6.69. The Morgan fingerprint density at radius 2 is 2.03 bits per heavy atom. The quantitative estimate of drug-likeness (QED) is 0.390. The fourth-order valence-electron chi connectivity index (χ4n) is 4.40. The third kappa shape index (κ3) is 4.50. The number of likely N-dealkylation sites (N-methyl/N-ethyl adjacent to an activating group) is 1. The number of hydrogen-bond acceptors (Lipinski definition) is 8. The van der Waals surface area contributed by atoms with Gasteiger partial charge in [0.15, 0.2) is 17.1 Å². The number of pyridine rings is 1. The van der Waals surface area contributed by atoms with Crippen LogP contribution in [0.1, 0.15) is 32.8 Å². The molecule has 3 heterocycles. The Balaban J connectivity index is 1.71. The summed E-state index contributed by atoms with van der Waals surface area (Å²) in [5.74, 6) is -4.35. The molecule has 4 rings (SSSR count). The highest BCUT2D eigenvalue weighted by molar-refractivity contribution is 7.62. The maximum absolute atomic E-state index is 13.9. The zero-order valence-corrected chi connectivity index (χ0v) is 20.2. The molecule has 1 aromatic heterocycles. The lowest BCUT2D eigenvalue weighted by Crippen LogP contribution is -2.70. The Morgan fingerprint density at radius 1 is 1.31 bits per heavy atom. The van der Waals surface area contributed by atoms with E-state index in [9.17, 15) is 38.1 Å². The van der Waals surface area contributed by atoms with Gasteiger partial charge in [0, 0.05) is 50.5 Å². The molecular weight excluding hydrogens is 501 g/mol. The van der Waals surface area contributed by atoms with Crippen molar-refractivity contribution >= 4 is 25.5 Å². The predicted molar refractivity (Wildman–Crippen MR) is 127 cm³/mol. The molecule has 36 heavy (non-hydrogen) atoms. The van der Waals surface area contributed by atoms with Crippen molar-refractivity contribution in [2.75, 3.05) is 38.0 Å². The summed E-state index contributed by atoms with van der Waals surface area (Å²) in [6.45, 7) is -0.150. The first kappa shape index (κ1) is 25.8. The van der Waals surface area contributed by atoms with Crippen LogP contribution < -0.4 is 15.8 Å². The molecular formula is C22H25F2N4O7P. The van der Waals surface area contributed by atoms with Crippen molar-refractivity contribution in [3.05, 3.63) is 63.1 Å². The molecule has 1 spiro atoms. The average molecular weight is 526 g/mol. The molecule has 1 atom stereocenters. The van der Waals surface area contributed by atoms with Gasteiger partial charge in [-0.3, -0.25) is 24.1 Å². The van der Waals surface area contributed by atoms with Crippen LogP contribution in [0.15, 0.2) is 29.2 Å². The van der Waals surface area contributed by atoms with Crippen molar-refractivity contribution in [2.45, 2.75) is 18.6 Å². The van der Waals surface area contributed by atoms with Crippen LogP contribution in [0.5, 0.6) is 5.75 Å². The number of fused-ring (bicyclic) bond motifs is 1. The van der Waals surface area contributed by atoms with Crippen LogP contribution in [0.3, 0.4) is 0 Å². The second-order valence-electron chi connectivity index (χ2n) is 8.70. The molecule has 1 unspecified atom stereocenters. The molecule has 0 saturated carbocycles. The summed E-state index contributed by atoms with van der Waals surface area (Å²) >= 11 is 0. The minimum atomic E-state index is -3.49. The van der Waals surface area contributed by atoms with Gasteiger partial charge in [-0.15, -0.1) is 0 Å². The molecule has 4 N–H and O–H groups in total. The minimum absolute atomic E-state index is 0.0193. The molecule has 194 valence electrons. The van der Waals surface area contributed by atoms with Crippen molar-refractivity contribution in [1.82, 2.24) is 14.9 Å². The predicted octanol–water partition coefficient (Wildman–Crippen LogP) is 0.166. The van der Waals surface area contributed by atoms with E-state index in [0.717, 1.165) is 18.3 Å². The smallest absolute Gasteiger partial charge is 0.278 e. The maximum atomic E-state index is 13.9. The van der Waals surface area contributed by atoms with Gasteiger partial charge in [0.2, 0.25) is 5.43 Å². The van der Waals surface area contributed by atoms with E-state index in [1.165, 1.54) is 14.6 Å². The summed E-state index contributed by atoms with van der Waals surface area (Å²) in [4.78, 5) is 59.9. The molecule has 1 aromatic carbocycles. The van der Waals surface area contributed by atoms with Crippen LogP contribution in [-0.4, -0.2) is 81.2 Å². The third-order valence-corrected chi connectivity index (χ3v) is 7.32. The number of amides is 2. The average Bonchev–Trinajstić information content (AvgIpc) is 3.28. The van der Waals surface area contributed by atoms with Gasteiger partial charge in [-0.1, -0.05) is 12.4 Å². The Morgan fingerprint density at radius 3 is 2.64 bits per heavy atom. The van der Waals surface area contributed by atoms with Gasteiger partial charge in [0.25, 0.3) is 11.8 Å². The highest BCUT2D eigenvalue weighted by Crippen LogP contribution is 2.39. The second-order valence-corrected chi connectivity index (χ2v) is 10.9. The molecule has 2 amide bonds. The van der Waals surface area contributed by atoms with E-state index in [2.05, 4.69) is 11.6 Å². The lowest BCUT2D eigenvalue weighted by molar-refractivity contribution is 0.0246. The number of rotatable bonds is 6. The van der Waals surface area contributed by atoms with Crippen molar-refractivity contribution in [2.24, 2.45) is 0 Å². The van der Waals surface area contributed by atoms with Crippen molar-refractivity contribution < 1.29 is 38.0 Å². The summed E-state index contributed by atoms with van der Waals surface area (Å²) in [7, 11) is -1.92. The van der Waals surface area contributed by atoms with Crippen molar-refractivity contribution in [1.29, 1.82) is 0 Å². The van der Waals surface area contributed by atoms with Crippen molar-refractivity contribution in [3.8, 4) is 5.75 Å². The molecule has 2 aliphatic heterocycles. The highest BCUT2D eigenvalue weighted by Gasteiger charge is 2.52. The zero-order chi connectivity index (χ0) is 26.4. The summed E-state index contributed by atoms with van der Waals surface area (Å²) in [6, 6.07) is 2.83. The Hall–Kier alpha value is -3.25. The minimum Gasteiger partial charge on any atom is -0.502 e. The number of aromatic nitrogens is 1. The van der Waals surface area contributed by atoms with Crippen LogP contribution in [0.2, 0.25) is 0 Å². The Bertz CT molecular complexity index is 1340. The Labute approximate surface area is 204 Å². The van der Waals surface area contributed by atoms with Gasteiger partial charge in [-0.25, -0.2) is 8.78 Å². The van der Waals surface area contributed by atoms with Gasteiger partial charge in [0.1, 0.15) is 24.5 Å². The zero-order valence-electron chi connectivity index (χ0n) is 19.3. The summed E-state index contributed by atoms with van der Waals surface area (Å²) in [6.07, 6.45) is 4.53. The molecule has 11 nitrogen and oxygen atoms in total. The number of hydrogen-bond donors (Lipinski definition) is 4. The molecule has 0 radical (unpaired) electrons. The second kappa shape index (κ2) is 9.32. The number of carbonyl (C=O) groups excluding carboxylic acids is 2. The number of ether oxygens (including phenoxy) is 1. The van der Waals surface area contributed by atoms with Gasteiger partial charge in [-0.05, 0) is 6.07 Å². The molecule has 0 bridgehead atoms. The number of halogens is 2. The fourth-order valence-corrected chi connectivity index (χ4v) is 4.92. The number of benzene rings is 1. The molecule has 14 heteroatoms. The van der Waals surface area contributed by atoms with E-state index < -0.39 is 58.9 Å². The van der Waals surface area contributed by atoms with E-state index in [1.54, 1.807) is 7.05 Å². The first-order valence-corrected chi connectivity index (χ1v) is 12.9. The number of nitrogens with zero attached hydrogens (tertiary/aromatic N) is 3. The van der Waals surface area contributed by atoms with Crippen LogP contribution in [0.25, 0.3) is 0 Å². The summed E-state index contributed by atoms with van der Waals surface area (Å²) in [5.41, 5.74) is -3.15. The number of nitrogens with one attached hydrogen (secondary N) is 1. The van der Waals surface area contributed by atoms with Gasteiger partial charge in [-0.2, -0.15) is 0 Å². The van der Waals surface area contributed by atoms with Crippen molar-refractivity contribution in [3.63, 3.8) is 0 Å². The third-order valence-electron chi connectivity index (χ3n) is 6.40. The molecule has 0 aliphatic carbocycles. The summed E-state index contributed by atoms with van der Waals surface area (Å²) in [5, 5.41) is 14.6. The normalized spacial score (nSPS) is 19.6. The van der Waals surface area contributed by atoms with E-state index in [4.69, 9.17) is 4.74 Å². The first-order chi connectivity index (χ1) is 16.9. The van der Waals surface area contributed by atoms with Gasteiger partial charge >= 0.3 is 0 Å². The van der Waals surface area contributed by atoms with Crippen LogP contribution in [0.4, 0.5) is 8.78 Å². The highest BCUT2D eigenvalue weighted by atomic mass is 31.2. The lowest BCUT2D eigenvalue weighted by atomic mass is 10.0.